The van der Waals surface area contributed by atoms with Crippen LogP contribution in [0.1, 0.15) is 28.3 Å². The molecule has 0 aliphatic rings. The standard InChI is InChI=1S/C18H18N2/c1-12-8-9-13(2)16(11-12)17(19)15-7-3-5-14-6-4-10-20-18(14)15/h3-11,17H,19H2,1-2H3. The van der Waals surface area contributed by atoms with E-state index in [9.17, 15) is 0 Å². The van der Waals surface area contributed by atoms with Gasteiger partial charge in [-0.15, -0.1) is 0 Å². The first-order valence-corrected chi connectivity index (χ1v) is 6.83. The maximum Gasteiger partial charge on any atom is 0.0753 e. The van der Waals surface area contributed by atoms with E-state index < -0.39 is 0 Å². The summed E-state index contributed by atoms with van der Waals surface area (Å²) in [5.41, 5.74) is 12.2. The summed E-state index contributed by atoms with van der Waals surface area (Å²) in [6.07, 6.45) is 1.82. The van der Waals surface area contributed by atoms with Crippen LogP contribution in [0, 0.1) is 13.8 Å². The van der Waals surface area contributed by atoms with Gasteiger partial charge in [0.15, 0.2) is 0 Å². The third-order valence-electron chi connectivity index (χ3n) is 3.77. The van der Waals surface area contributed by atoms with Gasteiger partial charge < -0.3 is 5.73 Å². The molecule has 20 heavy (non-hydrogen) atoms. The summed E-state index contributed by atoms with van der Waals surface area (Å²) >= 11 is 0. The van der Waals surface area contributed by atoms with Gasteiger partial charge in [-0.3, -0.25) is 4.98 Å². The number of hydrogen-bond acceptors (Lipinski definition) is 2. The zero-order chi connectivity index (χ0) is 14.1. The molecule has 0 aliphatic carbocycles. The van der Waals surface area contributed by atoms with E-state index >= 15 is 0 Å². The third-order valence-corrected chi connectivity index (χ3v) is 3.77. The fraction of sp³-hybridized carbons (Fsp3) is 0.167. The largest absolute Gasteiger partial charge is 0.320 e. The molecule has 3 rings (SSSR count). The Labute approximate surface area is 119 Å². The summed E-state index contributed by atoms with van der Waals surface area (Å²) in [4.78, 5) is 4.50. The quantitative estimate of drug-likeness (QED) is 0.760. The van der Waals surface area contributed by atoms with Gasteiger partial charge in [0.25, 0.3) is 0 Å². The number of hydrogen-bond donors (Lipinski definition) is 1. The highest BCUT2D eigenvalue weighted by Gasteiger charge is 2.14. The molecule has 3 aromatic rings. The Morgan fingerprint density at radius 3 is 2.60 bits per heavy atom. The topological polar surface area (TPSA) is 38.9 Å². The number of aromatic nitrogens is 1. The second-order valence-electron chi connectivity index (χ2n) is 5.26. The average molecular weight is 262 g/mol. The molecule has 1 atom stereocenters. The molecular formula is C18H18N2. The molecule has 0 saturated heterocycles. The number of benzene rings is 2. The van der Waals surface area contributed by atoms with Crippen molar-refractivity contribution in [1.82, 2.24) is 4.98 Å². The van der Waals surface area contributed by atoms with Crippen LogP contribution in [0.25, 0.3) is 10.9 Å². The van der Waals surface area contributed by atoms with Crippen LogP contribution in [0.2, 0.25) is 0 Å². The zero-order valence-corrected chi connectivity index (χ0v) is 11.8. The van der Waals surface area contributed by atoms with Gasteiger partial charge in [0.1, 0.15) is 0 Å². The summed E-state index contributed by atoms with van der Waals surface area (Å²) in [6.45, 7) is 4.20. The monoisotopic (exact) mass is 262 g/mol. The highest BCUT2D eigenvalue weighted by molar-refractivity contribution is 5.82. The lowest BCUT2D eigenvalue weighted by Crippen LogP contribution is -2.14. The van der Waals surface area contributed by atoms with Gasteiger partial charge in [0, 0.05) is 11.6 Å². The number of aryl methyl sites for hydroxylation is 2. The second-order valence-corrected chi connectivity index (χ2v) is 5.26. The van der Waals surface area contributed by atoms with Crippen molar-refractivity contribution in [2.24, 2.45) is 5.73 Å². The first-order valence-electron chi connectivity index (χ1n) is 6.83. The molecule has 0 amide bonds. The van der Waals surface area contributed by atoms with Gasteiger partial charge >= 0.3 is 0 Å². The molecule has 2 N–H and O–H groups in total. The number of fused-ring (bicyclic) bond motifs is 1. The zero-order valence-electron chi connectivity index (χ0n) is 11.8. The van der Waals surface area contributed by atoms with Crippen molar-refractivity contribution < 1.29 is 0 Å². The van der Waals surface area contributed by atoms with E-state index in [-0.39, 0.29) is 6.04 Å². The minimum absolute atomic E-state index is 0.145. The fourth-order valence-corrected chi connectivity index (χ4v) is 2.64. The lowest BCUT2D eigenvalue weighted by molar-refractivity contribution is 0.865. The Bertz CT molecular complexity index is 757. The van der Waals surface area contributed by atoms with Crippen molar-refractivity contribution in [3.63, 3.8) is 0 Å². The first kappa shape index (κ1) is 12.8. The van der Waals surface area contributed by atoms with E-state index in [1.54, 1.807) is 0 Å². The Hall–Kier alpha value is -2.19. The van der Waals surface area contributed by atoms with E-state index in [4.69, 9.17) is 5.73 Å². The Balaban J connectivity index is 2.17. The SMILES string of the molecule is Cc1ccc(C)c(C(N)c2cccc3cccnc23)c1. The Morgan fingerprint density at radius 2 is 1.75 bits per heavy atom. The first-order chi connectivity index (χ1) is 9.66. The normalized spacial score (nSPS) is 12.6. The lowest BCUT2D eigenvalue weighted by Gasteiger charge is -2.17. The van der Waals surface area contributed by atoms with E-state index in [2.05, 4.69) is 55.2 Å². The molecule has 1 unspecified atom stereocenters. The lowest BCUT2D eigenvalue weighted by atomic mass is 9.93. The predicted molar refractivity (Wildman–Crippen MR) is 83.7 cm³/mol. The summed E-state index contributed by atoms with van der Waals surface area (Å²) in [7, 11) is 0. The molecule has 0 spiro atoms. The van der Waals surface area contributed by atoms with Gasteiger partial charge in [-0.25, -0.2) is 0 Å². The van der Waals surface area contributed by atoms with Crippen LogP contribution in [0.3, 0.4) is 0 Å². The van der Waals surface area contributed by atoms with E-state index in [1.807, 2.05) is 18.3 Å². The van der Waals surface area contributed by atoms with Gasteiger partial charge in [0.2, 0.25) is 0 Å². The molecule has 0 bridgehead atoms. The van der Waals surface area contributed by atoms with Crippen LogP contribution in [0.15, 0.2) is 54.7 Å². The molecule has 1 heterocycles. The second kappa shape index (κ2) is 5.06. The highest BCUT2D eigenvalue weighted by Crippen LogP contribution is 2.28. The van der Waals surface area contributed by atoms with Crippen molar-refractivity contribution in [3.05, 3.63) is 77.0 Å². The minimum atomic E-state index is -0.145. The summed E-state index contributed by atoms with van der Waals surface area (Å²) in [5.74, 6) is 0. The predicted octanol–water partition coefficient (Wildman–Crippen LogP) is 3.90. The van der Waals surface area contributed by atoms with Crippen molar-refractivity contribution in [2.45, 2.75) is 19.9 Å². The molecule has 0 saturated carbocycles. The van der Waals surface area contributed by atoms with Crippen LogP contribution in [-0.2, 0) is 0 Å². The maximum atomic E-state index is 6.51. The molecule has 1 aromatic heterocycles. The fourth-order valence-electron chi connectivity index (χ4n) is 2.64. The van der Waals surface area contributed by atoms with E-state index in [1.165, 1.54) is 16.7 Å². The van der Waals surface area contributed by atoms with Crippen molar-refractivity contribution >= 4 is 10.9 Å². The van der Waals surface area contributed by atoms with Crippen LogP contribution < -0.4 is 5.73 Å². The highest BCUT2D eigenvalue weighted by atomic mass is 14.7. The van der Waals surface area contributed by atoms with Crippen molar-refractivity contribution in [2.75, 3.05) is 0 Å². The van der Waals surface area contributed by atoms with Crippen LogP contribution in [0.5, 0.6) is 0 Å². The van der Waals surface area contributed by atoms with E-state index in [0.717, 1.165) is 16.5 Å². The molecular weight excluding hydrogens is 244 g/mol. The third kappa shape index (κ3) is 2.19. The number of nitrogens with two attached hydrogens (primary N) is 1. The Morgan fingerprint density at radius 1 is 0.950 bits per heavy atom. The van der Waals surface area contributed by atoms with Crippen molar-refractivity contribution in [1.29, 1.82) is 0 Å². The minimum Gasteiger partial charge on any atom is -0.320 e. The molecule has 0 radical (unpaired) electrons. The van der Waals surface area contributed by atoms with Gasteiger partial charge in [-0.1, -0.05) is 48.0 Å². The smallest absolute Gasteiger partial charge is 0.0753 e. The van der Waals surface area contributed by atoms with Crippen molar-refractivity contribution in [3.8, 4) is 0 Å². The van der Waals surface area contributed by atoms with Crippen LogP contribution >= 0.6 is 0 Å². The number of nitrogens with zero attached hydrogens (tertiary/aromatic N) is 1. The molecule has 2 aromatic carbocycles. The molecule has 0 fully saturated rings. The molecule has 100 valence electrons. The molecule has 0 aliphatic heterocycles. The Kier molecular flexibility index (Phi) is 3.25. The van der Waals surface area contributed by atoms with Gasteiger partial charge in [-0.2, -0.15) is 0 Å². The van der Waals surface area contributed by atoms with Crippen LogP contribution in [-0.4, -0.2) is 4.98 Å². The van der Waals surface area contributed by atoms with Crippen LogP contribution in [0.4, 0.5) is 0 Å². The number of para-hydroxylation sites is 1. The summed E-state index contributed by atoms with van der Waals surface area (Å²) in [6, 6.07) is 16.5. The summed E-state index contributed by atoms with van der Waals surface area (Å²) < 4.78 is 0. The molecule has 2 nitrogen and oxygen atoms in total. The van der Waals surface area contributed by atoms with E-state index in [0.29, 0.717) is 0 Å². The van der Waals surface area contributed by atoms with Gasteiger partial charge in [-0.05, 0) is 36.6 Å². The average Bonchev–Trinajstić information content (AvgIpc) is 2.48. The maximum absolute atomic E-state index is 6.51. The van der Waals surface area contributed by atoms with Gasteiger partial charge in [0.05, 0.1) is 11.6 Å². The summed E-state index contributed by atoms with van der Waals surface area (Å²) in [5, 5.41) is 1.13. The molecule has 2 heteroatoms. The number of rotatable bonds is 2. The number of pyridine rings is 1.